The molecule has 102 valence electrons. The predicted molar refractivity (Wildman–Crippen MR) is 74.5 cm³/mol. The third-order valence-electron chi connectivity index (χ3n) is 3.22. The second-order valence-electron chi connectivity index (χ2n) is 4.28. The Morgan fingerprint density at radius 3 is 2.63 bits per heavy atom. The van der Waals surface area contributed by atoms with Gasteiger partial charge in [-0.15, -0.1) is 0 Å². The minimum absolute atomic E-state index is 0.655. The summed E-state index contributed by atoms with van der Waals surface area (Å²) >= 11 is 0. The molecule has 0 saturated carbocycles. The van der Waals surface area contributed by atoms with Crippen molar-refractivity contribution in [3.8, 4) is 0 Å². The van der Waals surface area contributed by atoms with Crippen molar-refractivity contribution >= 4 is 11.6 Å². The molecule has 0 radical (unpaired) electrons. The fourth-order valence-corrected chi connectivity index (χ4v) is 1.92. The predicted octanol–water partition coefficient (Wildman–Crippen LogP) is 0.979. The summed E-state index contributed by atoms with van der Waals surface area (Å²) in [4.78, 5) is 8.37. The van der Waals surface area contributed by atoms with Crippen molar-refractivity contribution < 1.29 is 0 Å². The smallest absolute Gasteiger partial charge is 0.148 e. The lowest BCUT2D eigenvalue weighted by Crippen LogP contribution is -2.14. The molecule has 7 nitrogen and oxygen atoms in total. The Bertz CT molecular complexity index is 561. The van der Waals surface area contributed by atoms with Crippen molar-refractivity contribution in [1.82, 2.24) is 19.7 Å². The lowest BCUT2D eigenvalue weighted by molar-refractivity contribution is 0.738. The molecule has 0 unspecified atom stereocenters. The van der Waals surface area contributed by atoms with Crippen LogP contribution in [0.4, 0.5) is 11.6 Å². The number of nitrogens with zero attached hydrogens (tertiary/aromatic N) is 4. The molecular weight excluding hydrogens is 242 g/mol. The van der Waals surface area contributed by atoms with Gasteiger partial charge in [0.1, 0.15) is 18.0 Å². The van der Waals surface area contributed by atoms with Gasteiger partial charge in [0, 0.05) is 30.4 Å². The summed E-state index contributed by atoms with van der Waals surface area (Å²) in [6.07, 6.45) is 4.15. The van der Waals surface area contributed by atoms with Crippen molar-refractivity contribution in [2.45, 2.75) is 26.8 Å². The molecule has 19 heavy (non-hydrogen) atoms. The Kier molecular flexibility index (Phi) is 3.96. The van der Waals surface area contributed by atoms with Crippen LogP contribution in [0, 0.1) is 6.92 Å². The molecule has 0 fully saturated rings. The van der Waals surface area contributed by atoms with Crippen LogP contribution in [0.15, 0.2) is 12.5 Å². The number of aryl methyl sites for hydroxylation is 1. The number of nitrogens with two attached hydrogens (primary N) is 1. The maximum absolute atomic E-state index is 5.45. The Balaban J connectivity index is 2.17. The Labute approximate surface area is 112 Å². The molecule has 0 aliphatic heterocycles. The Morgan fingerprint density at radius 1 is 1.32 bits per heavy atom. The van der Waals surface area contributed by atoms with E-state index in [1.165, 1.54) is 6.33 Å². The first kappa shape index (κ1) is 13.3. The number of anilines is 2. The zero-order valence-corrected chi connectivity index (χ0v) is 11.4. The molecule has 0 atom stereocenters. The van der Waals surface area contributed by atoms with E-state index in [1.54, 1.807) is 0 Å². The van der Waals surface area contributed by atoms with E-state index >= 15 is 0 Å². The maximum Gasteiger partial charge on any atom is 0.148 e. The Hall–Kier alpha value is -2.15. The molecule has 0 saturated heterocycles. The number of hydrazine groups is 1. The molecule has 4 N–H and O–H groups in total. The standard InChI is InChI=1S/C12H19N7/c1-4-10-11(15-7-16-12(10)18-13)14-5-9-6-17-19(3)8(9)2/h6-7H,4-5,13H2,1-3H3,(H2,14,15,16,18). The highest BCUT2D eigenvalue weighted by Gasteiger charge is 2.10. The first-order valence-electron chi connectivity index (χ1n) is 6.19. The third-order valence-corrected chi connectivity index (χ3v) is 3.22. The third kappa shape index (κ3) is 2.65. The number of rotatable bonds is 5. The van der Waals surface area contributed by atoms with Crippen LogP contribution in [0.25, 0.3) is 0 Å². The summed E-state index contributed by atoms with van der Waals surface area (Å²) in [5, 5.41) is 7.53. The number of hydrogen-bond acceptors (Lipinski definition) is 6. The fraction of sp³-hybridized carbons (Fsp3) is 0.417. The van der Waals surface area contributed by atoms with Crippen LogP contribution < -0.4 is 16.6 Å². The second kappa shape index (κ2) is 5.66. The molecule has 0 bridgehead atoms. The molecular formula is C12H19N7. The van der Waals surface area contributed by atoms with E-state index in [2.05, 4.69) is 25.8 Å². The van der Waals surface area contributed by atoms with Gasteiger partial charge in [-0.25, -0.2) is 15.8 Å². The molecule has 0 aliphatic carbocycles. The molecule has 2 rings (SSSR count). The van der Waals surface area contributed by atoms with E-state index < -0.39 is 0 Å². The van der Waals surface area contributed by atoms with E-state index in [0.717, 1.165) is 29.1 Å². The molecule has 0 aromatic carbocycles. The topological polar surface area (TPSA) is 93.7 Å². The quantitative estimate of drug-likeness (QED) is 0.548. The highest BCUT2D eigenvalue weighted by molar-refractivity contribution is 5.56. The highest BCUT2D eigenvalue weighted by Crippen LogP contribution is 2.20. The number of aromatic nitrogens is 4. The van der Waals surface area contributed by atoms with Gasteiger partial charge in [-0.1, -0.05) is 6.92 Å². The minimum Gasteiger partial charge on any atom is -0.365 e. The van der Waals surface area contributed by atoms with Gasteiger partial charge in [-0.2, -0.15) is 5.10 Å². The summed E-state index contributed by atoms with van der Waals surface area (Å²) in [5.41, 5.74) is 5.85. The number of nitrogen functional groups attached to an aromatic ring is 1. The van der Waals surface area contributed by atoms with Crippen LogP contribution in [0.1, 0.15) is 23.7 Å². The van der Waals surface area contributed by atoms with Crippen LogP contribution in [0.5, 0.6) is 0 Å². The Morgan fingerprint density at radius 2 is 2.05 bits per heavy atom. The molecule has 2 heterocycles. The van der Waals surface area contributed by atoms with Crippen molar-refractivity contribution in [3.63, 3.8) is 0 Å². The van der Waals surface area contributed by atoms with Gasteiger partial charge in [0.25, 0.3) is 0 Å². The van der Waals surface area contributed by atoms with Gasteiger partial charge >= 0.3 is 0 Å². The molecule has 2 aromatic heterocycles. The molecule has 0 spiro atoms. The van der Waals surface area contributed by atoms with Crippen LogP contribution in [-0.2, 0) is 20.0 Å². The first-order valence-corrected chi connectivity index (χ1v) is 6.19. The van der Waals surface area contributed by atoms with Crippen LogP contribution in [-0.4, -0.2) is 19.7 Å². The number of nitrogens with one attached hydrogen (secondary N) is 2. The van der Waals surface area contributed by atoms with Crippen molar-refractivity contribution in [2.24, 2.45) is 12.9 Å². The summed E-state index contributed by atoms with van der Waals surface area (Å²) in [6.45, 7) is 4.76. The average Bonchev–Trinajstić information content (AvgIpc) is 2.76. The van der Waals surface area contributed by atoms with Crippen molar-refractivity contribution in [1.29, 1.82) is 0 Å². The number of hydrogen-bond donors (Lipinski definition) is 3. The monoisotopic (exact) mass is 261 g/mol. The molecule has 0 aliphatic rings. The van der Waals surface area contributed by atoms with Crippen LogP contribution in [0.3, 0.4) is 0 Å². The van der Waals surface area contributed by atoms with E-state index in [1.807, 2.05) is 31.8 Å². The van der Waals surface area contributed by atoms with Gasteiger partial charge in [0.05, 0.1) is 6.20 Å². The van der Waals surface area contributed by atoms with Gasteiger partial charge in [-0.05, 0) is 13.3 Å². The van der Waals surface area contributed by atoms with E-state index in [-0.39, 0.29) is 0 Å². The zero-order valence-electron chi connectivity index (χ0n) is 11.4. The van der Waals surface area contributed by atoms with Crippen molar-refractivity contribution in [3.05, 3.63) is 29.3 Å². The second-order valence-corrected chi connectivity index (χ2v) is 4.28. The lowest BCUT2D eigenvalue weighted by Gasteiger charge is -2.12. The van der Waals surface area contributed by atoms with Crippen LogP contribution >= 0.6 is 0 Å². The van der Waals surface area contributed by atoms with Gasteiger partial charge in [0.15, 0.2) is 0 Å². The summed E-state index contributed by atoms with van der Waals surface area (Å²) in [6, 6.07) is 0. The molecule has 0 amide bonds. The van der Waals surface area contributed by atoms with Gasteiger partial charge in [0.2, 0.25) is 0 Å². The van der Waals surface area contributed by atoms with E-state index in [0.29, 0.717) is 12.4 Å². The van der Waals surface area contributed by atoms with Crippen LogP contribution in [0.2, 0.25) is 0 Å². The maximum atomic E-state index is 5.45. The van der Waals surface area contributed by atoms with E-state index in [4.69, 9.17) is 5.84 Å². The van der Waals surface area contributed by atoms with Crippen molar-refractivity contribution in [2.75, 3.05) is 10.7 Å². The minimum atomic E-state index is 0.655. The average molecular weight is 261 g/mol. The lowest BCUT2D eigenvalue weighted by atomic mass is 10.2. The normalized spacial score (nSPS) is 10.5. The largest absolute Gasteiger partial charge is 0.365 e. The van der Waals surface area contributed by atoms with E-state index in [9.17, 15) is 0 Å². The SMILES string of the molecule is CCc1c(NN)ncnc1NCc1cnn(C)c1C. The summed E-state index contributed by atoms with van der Waals surface area (Å²) in [7, 11) is 1.93. The summed E-state index contributed by atoms with van der Waals surface area (Å²) in [5.74, 6) is 6.90. The molecule has 2 aromatic rings. The fourth-order valence-electron chi connectivity index (χ4n) is 1.92. The summed E-state index contributed by atoms with van der Waals surface area (Å²) < 4.78 is 1.85. The molecule has 7 heteroatoms. The first-order chi connectivity index (χ1) is 9.17. The van der Waals surface area contributed by atoms with Gasteiger partial charge in [-0.3, -0.25) is 4.68 Å². The zero-order chi connectivity index (χ0) is 13.8. The van der Waals surface area contributed by atoms with Gasteiger partial charge < -0.3 is 10.7 Å². The highest BCUT2D eigenvalue weighted by atomic mass is 15.3.